The van der Waals surface area contributed by atoms with Crippen LogP contribution in [0.4, 0.5) is 0 Å². The molecule has 0 unspecified atom stereocenters. The summed E-state index contributed by atoms with van der Waals surface area (Å²) in [5, 5.41) is 8.40. The van der Waals surface area contributed by atoms with E-state index in [-0.39, 0.29) is 0 Å². The normalized spacial score (nSPS) is 11.2. The molecular formula is C14H20N4. The molecule has 4 heteroatoms. The number of aromatic nitrogens is 3. The van der Waals surface area contributed by atoms with Crippen molar-refractivity contribution in [1.29, 1.82) is 0 Å². The van der Waals surface area contributed by atoms with Crippen LogP contribution in [0, 0.1) is 12.8 Å². The van der Waals surface area contributed by atoms with Crippen LogP contribution in [0.15, 0.2) is 24.3 Å². The van der Waals surface area contributed by atoms with Crippen molar-refractivity contribution in [3.8, 4) is 5.69 Å². The number of hydrogen-bond acceptors (Lipinski definition) is 3. The van der Waals surface area contributed by atoms with Crippen molar-refractivity contribution < 1.29 is 0 Å². The summed E-state index contributed by atoms with van der Waals surface area (Å²) in [4.78, 5) is 0. The Morgan fingerprint density at radius 2 is 1.89 bits per heavy atom. The maximum absolute atomic E-state index is 5.73. The van der Waals surface area contributed by atoms with E-state index in [0.29, 0.717) is 12.5 Å². The molecule has 18 heavy (non-hydrogen) atoms. The molecule has 0 aliphatic rings. The number of nitrogens with zero attached hydrogens (tertiary/aromatic N) is 3. The van der Waals surface area contributed by atoms with Crippen LogP contribution in [0.25, 0.3) is 5.69 Å². The van der Waals surface area contributed by atoms with Crippen LogP contribution in [-0.4, -0.2) is 15.0 Å². The minimum Gasteiger partial charge on any atom is -0.325 e. The fourth-order valence-electron chi connectivity index (χ4n) is 1.98. The monoisotopic (exact) mass is 244 g/mol. The van der Waals surface area contributed by atoms with Gasteiger partial charge >= 0.3 is 0 Å². The summed E-state index contributed by atoms with van der Waals surface area (Å²) in [6.45, 7) is 6.89. The lowest BCUT2D eigenvalue weighted by molar-refractivity contribution is 0.611. The van der Waals surface area contributed by atoms with Gasteiger partial charge in [0.1, 0.15) is 0 Å². The molecule has 0 amide bonds. The van der Waals surface area contributed by atoms with Gasteiger partial charge in [0.25, 0.3) is 0 Å². The van der Waals surface area contributed by atoms with Crippen molar-refractivity contribution in [2.45, 2.75) is 33.7 Å². The maximum Gasteiger partial charge on any atom is 0.0999 e. The molecule has 0 bridgehead atoms. The zero-order chi connectivity index (χ0) is 13.1. The molecule has 1 aromatic heterocycles. The third kappa shape index (κ3) is 2.59. The zero-order valence-electron chi connectivity index (χ0n) is 11.2. The Labute approximate surface area is 108 Å². The Morgan fingerprint density at radius 3 is 2.44 bits per heavy atom. The number of rotatable bonds is 4. The van der Waals surface area contributed by atoms with Crippen LogP contribution in [0.5, 0.6) is 0 Å². The quantitative estimate of drug-likeness (QED) is 0.897. The van der Waals surface area contributed by atoms with Gasteiger partial charge in [-0.1, -0.05) is 36.8 Å². The first-order valence-corrected chi connectivity index (χ1v) is 6.32. The van der Waals surface area contributed by atoms with E-state index >= 15 is 0 Å². The standard InChI is InChI=1S/C14H20N4/c1-10(2)8-14-13(9-15)16-17-18(14)12-6-4-11(3)5-7-12/h4-7,10H,8-9,15H2,1-3H3. The van der Waals surface area contributed by atoms with E-state index in [0.717, 1.165) is 23.5 Å². The van der Waals surface area contributed by atoms with Crippen LogP contribution < -0.4 is 5.73 Å². The van der Waals surface area contributed by atoms with Crippen molar-refractivity contribution in [3.63, 3.8) is 0 Å². The summed E-state index contributed by atoms with van der Waals surface area (Å²) in [6, 6.07) is 8.29. The van der Waals surface area contributed by atoms with Crippen LogP contribution >= 0.6 is 0 Å². The molecule has 2 aromatic rings. The number of hydrogen-bond donors (Lipinski definition) is 1. The summed E-state index contributed by atoms with van der Waals surface area (Å²) in [6.07, 6.45) is 0.938. The summed E-state index contributed by atoms with van der Waals surface area (Å²) in [7, 11) is 0. The van der Waals surface area contributed by atoms with Gasteiger partial charge in [-0.05, 0) is 31.4 Å². The largest absolute Gasteiger partial charge is 0.325 e. The number of benzene rings is 1. The van der Waals surface area contributed by atoms with Gasteiger partial charge in [-0.3, -0.25) is 0 Å². The third-order valence-electron chi connectivity index (χ3n) is 2.92. The van der Waals surface area contributed by atoms with Crippen LogP contribution in [0.2, 0.25) is 0 Å². The molecule has 4 nitrogen and oxygen atoms in total. The average Bonchev–Trinajstić information content (AvgIpc) is 2.72. The molecule has 0 aliphatic heterocycles. The van der Waals surface area contributed by atoms with E-state index in [1.165, 1.54) is 5.56 Å². The summed E-state index contributed by atoms with van der Waals surface area (Å²) in [5.74, 6) is 0.554. The van der Waals surface area contributed by atoms with Gasteiger partial charge in [0.15, 0.2) is 0 Å². The molecule has 2 rings (SSSR count). The van der Waals surface area contributed by atoms with Gasteiger partial charge < -0.3 is 5.73 Å². The second-order valence-corrected chi connectivity index (χ2v) is 5.03. The smallest absolute Gasteiger partial charge is 0.0999 e. The molecule has 0 spiro atoms. The van der Waals surface area contributed by atoms with Crippen molar-refractivity contribution in [2.75, 3.05) is 0 Å². The fraction of sp³-hybridized carbons (Fsp3) is 0.429. The second-order valence-electron chi connectivity index (χ2n) is 5.03. The molecular weight excluding hydrogens is 224 g/mol. The first kappa shape index (κ1) is 12.8. The molecule has 0 atom stereocenters. The predicted molar refractivity (Wildman–Crippen MR) is 72.5 cm³/mol. The molecule has 1 heterocycles. The van der Waals surface area contributed by atoms with E-state index in [2.05, 4.69) is 55.3 Å². The molecule has 1 aromatic carbocycles. The maximum atomic E-state index is 5.73. The molecule has 96 valence electrons. The lowest BCUT2D eigenvalue weighted by atomic mass is 10.1. The Bertz CT molecular complexity index is 511. The van der Waals surface area contributed by atoms with E-state index in [4.69, 9.17) is 5.73 Å². The van der Waals surface area contributed by atoms with Crippen LogP contribution in [0.1, 0.15) is 30.8 Å². The highest BCUT2D eigenvalue weighted by Gasteiger charge is 2.14. The van der Waals surface area contributed by atoms with Crippen molar-refractivity contribution in [3.05, 3.63) is 41.2 Å². The minimum atomic E-state index is 0.438. The Morgan fingerprint density at radius 1 is 1.22 bits per heavy atom. The minimum absolute atomic E-state index is 0.438. The van der Waals surface area contributed by atoms with Crippen LogP contribution in [-0.2, 0) is 13.0 Å². The highest BCUT2D eigenvalue weighted by Crippen LogP contribution is 2.17. The van der Waals surface area contributed by atoms with E-state index < -0.39 is 0 Å². The van der Waals surface area contributed by atoms with Gasteiger partial charge in [-0.25, -0.2) is 4.68 Å². The van der Waals surface area contributed by atoms with Gasteiger partial charge in [0.05, 0.1) is 17.1 Å². The van der Waals surface area contributed by atoms with E-state index in [9.17, 15) is 0 Å². The zero-order valence-corrected chi connectivity index (χ0v) is 11.2. The number of aryl methyl sites for hydroxylation is 1. The first-order chi connectivity index (χ1) is 8.61. The molecule has 0 aliphatic carbocycles. The van der Waals surface area contributed by atoms with Gasteiger partial charge in [0.2, 0.25) is 0 Å². The summed E-state index contributed by atoms with van der Waals surface area (Å²) < 4.78 is 1.90. The third-order valence-corrected chi connectivity index (χ3v) is 2.92. The van der Waals surface area contributed by atoms with Crippen molar-refractivity contribution in [2.24, 2.45) is 11.7 Å². The summed E-state index contributed by atoms with van der Waals surface area (Å²) >= 11 is 0. The average molecular weight is 244 g/mol. The highest BCUT2D eigenvalue weighted by molar-refractivity contribution is 5.35. The van der Waals surface area contributed by atoms with Crippen LogP contribution in [0.3, 0.4) is 0 Å². The Balaban J connectivity index is 2.43. The predicted octanol–water partition coefficient (Wildman–Crippen LogP) is 2.23. The highest BCUT2D eigenvalue weighted by atomic mass is 15.4. The number of nitrogens with two attached hydrogens (primary N) is 1. The van der Waals surface area contributed by atoms with Gasteiger partial charge in [-0.2, -0.15) is 0 Å². The molecule has 0 saturated carbocycles. The lowest BCUT2D eigenvalue weighted by Crippen LogP contribution is -2.09. The van der Waals surface area contributed by atoms with Crippen molar-refractivity contribution >= 4 is 0 Å². The molecule has 0 fully saturated rings. The SMILES string of the molecule is Cc1ccc(-n2nnc(CN)c2CC(C)C)cc1. The van der Waals surface area contributed by atoms with Gasteiger partial charge in [0, 0.05) is 6.54 Å². The van der Waals surface area contributed by atoms with Crippen molar-refractivity contribution in [1.82, 2.24) is 15.0 Å². The molecule has 0 saturated heterocycles. The molecule has 0 radical (unpaired) electrons. The first-order valence-electron chi connectivity index (χ1n) is 6.32. The van der Waals surface area contributed by atoms with Gasteiger partial charge in [-0.15, -0.1) is 5.10 Å². The Hall–Kier alpha value is -1.68. The fourth-order valence-corrected chi connectivity index (χ4v) is 1.98. The molecule has 2 N–H and O–H groups in total. The second kappa shape index (κ2) is 5.31. The van der Waals surface area contributed by atoms with E-state index in [1.807, 2.05) is 4.68 Å². The summed E-state index contributed by atoms with van der Waals surface area (Å²) in [5.41, 5.74) is 10.0. The topological polar surface area (TPSA) is 56.7 Å². The Kier molecular flexibility index (Phi) is 3.77. The van der Waals surface area contributed by atoms with E-state index in [1.54, 1.807) is 0 Å². The lowest BCUT2D eigenvalue weighted by Gasteiger charge is -2.10.